The maximum absolute atomic E-state index is 10.9. The van der Waals surface area contributed by atoms with Gasteiger partial charge < -0.3 is 5.11 Å². The molecule has 0 saturated heterocycles. The molecule has 5 rings (SSSR count). The molecular formula is C31H50O. The van der Waals surface area contributed by atoms with Crippen molar-refractivity contribution in [3.8, 4) is 0 Å². The molecule has 0 amide bonds. The molecule has 180 valence electrons. The van der Waals surface area contributed by atoms with E-state index in [1.54, 1.807) is 0 Å². The van der Waals surface area contributed by atoms with Gasteiger partial charge in [-0.05, 0) is 108 Å². The molecule has 0 spiro atoms. The quantitative estimate of drug-likeness (QED) is 0.377. The standard InChI is InChI=1S/C31H50O/c1-20-18-26(2,3)19-22-21-10-11-24-29(7)14-13-25(32)27(4,5)23(29)12-15-31(24,9)30(21,8)17-16-28(20,22)6/h10,22-25,32H,1,11-19H2,2-9H3/t22-,23?,24-,25?,28+,29+,30-,31-/m1/s1. The number of aliphatic hydroxyl groups excluding tert-OH is 1. The zero-order valence-electron chi connectivity index (χ0n) is 22.4. The van der Waals surface area contributed by atoms with Crippen LogP contribution in [0.5, 0.6) is 0 Å². The average Bonchev–Trinajstić information content (AvgIpc) is 2.67. The first kappa shape index (κ1) is 23.2. The smallest absolute Gasteiger partial charge is 0.0594 e. The summed E-state index contributed by atoms with van der Waals surface area (Å²) in [7, 11) is 0. The van der Waals surface area contributed by atoms with Gasteiger partial charge in [0.1, 0.15) is 0 Å². The summed E-state index contributed by atoms with van der Waals surface area (Å²) in [6, 6.07) is 0. The van der Waals surface area contributed by atoms with E-state index in [4.69, 9.17) is 0 Å². The minimum atomic E-state index is -0.138. The highest BCUT2D eigenvalue weighted by atomic mass is 16.3. The third-order valence-corrected chi connectivity index (χ3v) is 13.0. The molecule has 2 unspecified atom stereocenters. The summed E-state index contributed by atoms with van der Waals surface area (Å²) in [5, 5.41) is 10.9. The van der Waals surface area contributed by atoms with Crippen LogP contribution in [0.15, 0.2) is 23.8 Å². The minimum Gasteiger partial charge on any atom is -0.393 e. The van der Waals surface area contributed by atoms with Gasteiger partial charge >= 0.3 is 0 Å². The van der Waals surface area contributed by atoms with Crippen LogP contribution in [0.2, 0.25) is 0 Å². The summed E-state index contributed by atoms with van der Waals surface area (Å²) < 4.78 is 0. The maximum atomic E-state index is 10.9. The van der Waals surface area contributed by atoms with Crippen molar-refractivity contribution in [2.45, 2.75) is 119 Å². The number of hydrogen-bond acceptors (Lipinski definition) is 1. The van der Waals surface area contributed by atoms with E-state index in [0.29, 0.717) is 38.9 Å². The molecule has 0 radical (unpaired) electrons. The first-order valence-corrected chi connectivity index (χ1v) is 13.7. The molecule has 0 aromatic rings. The second-order valence-corrected chi connectivity index (χ2v) is 15.3. The molecule has 5 aliphatic carbocycles. The molecule has 1 heteroatoms. The van der Waals surface area contributed by atoms with E-state index in [0.717, 1.165) is 12.3 Å². The van der Waals surface area contributed by atoms with Crippen molar-refractivity contribution in [3.05, 3.63) is 23.8 Å². The van der Waals surface area contributed by atoms with E-state index in [1.165, 1.54) is 56.9 Å². The van der Waals surface area contributed by atoms with Crippen LogP contribution in [0.3, 0.4) is 0 Å². The number of hydrogen-bond donors (Lipinski definition) is 1. The van der Waals surface area contributed by atoms with Crippen LogP contribution < -0.4 is 0 Å². The van der Waals surface area contributed by atoms with Gasteiger partial charge in [-0.15, -0.1) is 0 Å². The summed E-state index contributed by atoms with van der Waals surface area (Å²) in [4.78, 5) is 0. The predicted octanol–water partition coefficient (Wildman–Crippen LogP) is 8.34. The Morgan fingerprint density at radius 1 is 0.875 bits per heavy atom. The molecule has 1 N–H and O–H groups in total. The lowest BCUT2D eigenvalue weighted by Crippen LogP contribution is -2.64. The predicted molar refractivity (Wildman–Crippen MR) is 135 cm³/mol. The van der Waals surface area contributed by atoms with Crippen molar-refractivity contribution in [1.29, 1.82) is 0 Å². The topological polar surface area (TPSA) is 20.2 Å². The summed E-state index contributed by atoms with van der Waals surface area (Å²) in [5.74, 6) is 2.04. The SMILES string of the molecule is C=C1CC(C)(C)C[C@@H]2C3=CC[C@@H]4[C@@]5(C)CCC(O)C(C)(C)C5CC[C@@]4(C)[C@]3(C)CC[C@@]12C. The van der Waals surface area contributed by atoms with Crippen molar-refractivity contribution in [3.63, 3.8) is 0 Å². The number of allylic oxidation sites excluding steroid dienone is 3. The van der Waals surface area contributed by atoms with Crippen molar-refractivity contribution < 1.29 is 5.11 Å². The second kappa shape index (κ2) is 6.56. The highest BCUT2D eigenvalue weighted by Gasteiger charge is 2.68. The van der Waals surface area contributed by atoms with Crippen LogP contribution in [-0.2, 0) is 0 Å². The molecule has 4 saturated carbocycles. The Morgan fingerprint density at radius 3 is 2.25 bits per heavy atom. The molecule has 1 nitrogen and oxygen atoms in total. The molecule has 0 heterocycles. The summed E-state index contributed by atoms with van der Waals surface area (Å²) in [5.41, 5.74) is 5.05. The number of aliphatic hydroxyl groups is 1. The lowest BCUT2D eigenvalue weighted by molar-refractivity contribution is -0.201. The van der Waals surface area contributed by atoms with Gasteiger partial charge in [0.05, 0.1) is 6.10 Å². The van der Waals surface area contributed by atoms with Gasteiger partial charge in [-0.2, -0.15) is 0 Å². The van der Waals surface area contributed by atoms with Gasteiger partial charge in [0.2, 0.25) is 0 Å². The summed E-state index contributed by atoms with van der Waals surface area (Å²) >= 11 is 0. The van der Waals surface area contributed by atoms with Crippen LogP contribution in [0.25, 0.3) is 0 Å². The molecule has 4 fully saturated rings. The Balaban J connectivity index is 1.59. The largest absolute Gasteiger partial charge is 0.393 e. The van der Waals surface area contributed by atoms with E-state index in [2.05, 4.69) is 68.0 Å². The van der Waals surface area contributed by atoms with Gasteiger partial charge in [-0.3, -0.25) is 0 Å². The van der Waals surface area contributed by atoms with Crippen molar-refractivity contribution in [2.24, 2.45) is 50.2 Å². The number of rotatable bonds is 0. The summed E-state index contributed by atoms with van der Waals surface area (Å²) in [6.45, 7) is 24.8. The molecule has 32 heavy (non-hydrogen) atoms. The van der Waals surface area contributed by atoms with Crippen LogP contribution in [0.1, 0.15) is 113 Å². The molecular weight excluding hydrogens is 388 g/mol. The molecule has 0 aromatic carbocycles. The Labute approximate surface area is 198 Å². The van der Waals surface area contributed by atoms with Gasteiger partial charge in [0, 0.05) is 0 Å². The second-order valence-electron chi connectivity index (χ2n) is 15.3. The Morgan fingerprint density at radius 2 is 1.56 bits per heavy atom. The fraction of sp³-hybridized carbons (Fsp3) is 0.871. The van der Waals surface area contributed by atoms with Crippen molar-refractivity contribution >= 4 is 0 Å². The van der Waals surface area contributed by atoms with E-state index in [1.807, 2.05) is 5.57 Å². The summed E-state index contributed by atoms with van der Waals surface area (Å²) in [6.07, 6.45) is 13.8. The third kappa shape index (κ3) is 2.67. The monoisotopic (exact) mass is 438 g/mol. The average molecular weight is 439 g/mol. The fourth-order valence-electron chi connectivity index (χ4n) is 10.7. The molecule has 0 aromatic heterocycles. The Bertz CT molecular complexity index is 862. The lowest BCUT2D eigenvalue weighted by atomic mass is 9.33. The first-order valence-electron chi connectivity index (χ1n) is 13.7. The van der Waals surface area contributed by atoms with E-state index in [9.17, 15) is 5.11 Å². The van der Waals surface area contributed by atoms with E-state index in [-0.39, 0.29) is 11.5 Å². The first-order chi connectivity index (χ1) is 14.6. The minimum absolute atomic E-state index is 0.0372. The van der Waals surface area contributed by atoms with Crippen LogP contribution in [-0.4, -0.2) is 11.2 Å². The number of fused-ring (bicyclic) bond motifs is 7. The zero-order chi connectivity index (χ0) is 23.5. The van der Waals surface area contributed by atoms with Crippen LogP contribution in [0.4, 0.5) is 0 Å². The molecule has 0 aliphatic heterocycles. The Kier molecular flexibility index (Phi) is 4.75. The van der Waals surface area contributed by atoms with Gasteiger partial charge in [-0.25, -0.2) is 0 Å². The third-order valence-electron chi connectivity index (χ3n) is 13.0. The highest BCUT2D eigenvalue weighted by Crippen LogP contribution is 2.76. The lowest BCUT2D eigenvalue weighted by Gasteiger charge is -2.71. The van der Waals surface area contributed by atoms with E-state index >= 15 is 0 Å². The van der Waals surface area contributed by atoms with E-state index < -0.39 is 0 Å². The van der Waals surface area contributed by atoms with Crippen LogP contribution >= 0.6 is 0 Å². The highest BCUT2D eigenvalue weighted by molar-refractivity contribution is 5.37. The van der Waals surface area contributed by atoms with Crippen LogP contribution in [0, 0.1) is 50.2 Å². The molecule has 5 aliphatic rings. The van der Waals surface area contributed by atoms with Gasteiger partial charge in [-0.1, -0.05) is 79.2 Å². The van der Waals surface area contributed by atoms with Crippen molar-refractivity contribution in [1.82, 2.24) is 0 Å². The molecule has 0 bridgehead atoms. The zero-order valence-corrected chi connectivity index (χ0v) is 22.4. The fourth-order valence-corrected chi connectivity index (χ4v) is 10.7. The van der Waals surface area contributed by atoms with Gasteiger partial charge in [0.25, 0.3) is 0 Å². The van der Waals surface area contributed by atoms with Gasteiger partial charge in [0.15, 0.2) is 0 Å². The molecule has 8 atom stereocenters. The van der Waals surface area contributed by atoms with Crippen molar-refractivity contribution in [2.75, 3.05) is 0 Å². The Hall–Kier alpha value is -0.560. The normalized spacial score (nSPS) is 53.9. The maximum Gasteiger partial charge on any atom is 0.0594 e.